The lowest BCUT2D eigenvalue weighted by Crippen LogP contribution is -2.31. The Bertz CT molecular complexity index is 959. The van der Waals surface area contributed by atoms with Gasteiger partial charge in [-0.15, -0.1) is 0 Å². The molecule has 1 amide bonds. The van der Waals surface area contributed by atoms with Crippen LogP contribution in [0, 0.1) is 0 Å². The highest BCUT2D eigenvalue weighted by Gasteiger charge is 2.31. The van der Waals surface area contributed by atoms with Gasteiger partial charge in [0, 0.05) is 25.5 Å². The molecular weight excluding hydrogens is 328 g/mol. The lowest BCUT2D eigenvalue weighted by atomic mass is 10.0. The number of nitrogens with zero attached hydrogens (tertiary/aromatic N) is 2. The van der Waals surface area contributed by atoms with E-state index in [1.807, 2.05) is 30.3 Å². The molecule has 0 aliphatic carbocycles. The Morgan fingerprint density at radius 1 is 1.15 bits per heavy atom. The van der Waals surface area contributed by atoms with Crippen LogP contribution in [-0.2, 0) is 9.59 Å². The van der Waals surface area contributed by atoms with Crippen molar-refractivity contribution in [1.29, 1.82) is 0 Å². The number of carbonyl (C=O) groups is 2. The van der Waals surface area contributed by atoms with Gasteiger partial charge in [0.25, 0.3) is 5.91 Å². The Balaban J connectivity index is 1.84. The van der Waals surface area contributed by atoms with Crippen LogP contribution in [0.15, 0.2) is 47.1 Å². The quantitative estimate of drug-likeness (QED) is 0.469. The zero-order valence-corrected chi connectivity index (χ0v) is 14.7. The number of hydrogen-bond donors (Lipinski definition) is 0. The Kier molecular flexibility index (Phi) is 4.29. The lowest BCUT2D eigenvalue weighted by molar-refractivity contribution is -0.131. The molecule has 1 saturated heterocycles. The van der Waals surface area contributed by atoms with Gasteiger partial charge < -0.3 is 4.74 Å². The van der Waals surface area contributed by atoms with E-state index in [9.17, 15) is 9.59 Å². The molecule has 0 aromatic heterocycles. The van der Waals surface area contributed by atoms with Crippen LogP contribution in [0.25, 0.3) is 16.8 Å². The van der Waals surface area contributed by atoms with Gasteiger partial charge in [0.2, 0.25) is 0 Å². The molecule has 5 heteroatoms. The maximum Gasteiger partial charge on any atom is 0.308 e. The van der Waals surface area contributed by atoms with Crippen LogP contribution in [0.4, 0.5) is 0 Å². The van der Waals surface area contributed by atoms with Crippen molar-refractivity contribution < 1.29 is 14.3 Å². The molecule has 2 aromatic rings. The summed E-state index contributed by atoms with van der Waals surface area (Å²) in [6, 6.07) is 11.5. The van der Waals surface area contributed by atoms with Crippen LogP contribution in [0.3, 0.4) is 0 Å². The molecule has 0 unspecified atom stereocenters. The Labute approximate surface area is 152 Å². The van der Waals surface area contributed by atoms with E-state index in [4.69, 9.17) is 4.74 Å². The highest BCUT2D eigenvalue weighted by Crippen LogP contribution is 2.32. The van der Waals surface area contributed by atoms with E-state index in [-0.39, 0.29) is 5.91 Å². The SMILES string of the molecule is CC(=O)Oc1ccc2ccccc2c1C=C1N=C2CCCCCN2C1=O. The molecule has 2 aliphatic heterocycles. The summed E-state index contributed by atoms with van der Waals surface area (Å²) < 4.78 is 5.38. The molecule has 4 rings (SSSR count). The zero-order chi connectivity index (χ0) is 18.1. The summed E-state index contributed by atoms with van der Waals surface area (Å²) >= 11 is 0. The van der Waals surface area contributed by atoms with Crippen LogP contribution in [0.5, 0.6) is 5.75 Å². The van der Waals surface area contributed by atoms with Gasteiger partial charge in [-0.25, -0.2) is 4.99 Å². The highest BCUT2D eigenvalue weighted by atomic mass is 16.5. The van der Waals surface area contributed by atoms with E-state index in [1.165, 1.54) is 6.92 Å². The second kappa shape index (κ2) is 6.75. The molecule has 26 heavy (non-hydrogen) atoms. The first-order valence-electron chi connectivity index (χ1n) is 8.95. The molecule has 0 spiro atoms. The molecule has 1 fully saturated rings. The number of fused-ring (bicyclic) bond motifs is 2. The molecule has 0 bridgehead atoms. The number of amidine groups is 1. The fraction of sp³-hybridized carbons (Fsp3) is 0.286. The normalized spacial score (nSPS) is 18.7. The molecule has 5 nitrogen and oxygen atoms in total. The van der Waals surface area contributed by atoms with E-state index >= 15 is 0 Å². The Hall–Kier alpha value is -2.95. The average molecular weight is 348 g/mol. The first-order valence-corrected chi connectivity index (χ1v) is 8.95. The smallest absolute Gasteiger partial charge is 0.308 e. The van der Waals surface area contributed by atoms with Crippen LogP contribution >= 0.6 is 0 Å². The predicted molar refractivity (Wildman–Crippen MR) is 101 cm³/mol. The molecule has 132 valence electrons. The fourth-order valence-electron chi connectivity index (χ4n) is 3.55. The van der Waals surface area contributed by atoms with E-state index in [2.05, 4.69) is 4.99 Å². The van der Waals surface area contributed by atoms with Crippen molar-refractivity contribution in [2.24, 2.45) is 4.99 Å². The number of amides is 1. The van der Waals surface area contributed by atoms with Gasteiger partial charge in [-0.05, 0) is 35.8 Å². The van der Waals surface area contributed by atoms with Crippen molar-refractivity contribution >= 4 is 34.6 Å². The summed E-state index contributed by atoms with van der Waals surface area (Å²) in [5.74, 6) is 0.841. The third-order valence-corrected chi connectivity index (χ3v) is 4.77. The summed E-state index contributed by atoms with van der Waals surface area (Å²) in [6.45, 7) is 2.10. The van der Waals surface area contributed by atoms with Gasteiger partial charge in [0.15, 0.2) is 0 Å². The standard InChI is InChI=1S/C21H20N2O3/c1-14(24)26-19-11-10-15-7-4-5-8-16(15)17(19)13-18-21(25)23-12-6-2-3-9-20(23)22-18/h4-5,7-8,10-11,13H,2-3,6,9,12H2,1H3. The Morgan fingerprint density at radius 3 is 2.85 bits per heavy atom. The molecule has 0 radical (unpaired) electrons. The average Bonchev–Trinajstić information content (AvgIpc) is 2.80. The van der Waals surface area contributed by atoms with Crippen molar-refractivity contribution in [1.82, 2.24) is 4.90 Å². The lowest BCUT2D eigenvalue weighted by Gasteiger charge is -2.14. The second-order valence-electron chi connectivity index (χ2n) is 6.62. The summed E-state index contributed by atoms with van der Waals surface area (Å²) in [6.07, 6.45) is 5.77. The second-order valence-corrected chi connectivity index (χ2v) is 6.62. The van der Waals surface area contributed by atoms with Crippen LogP contribution < -0.4 is 4.74 Å². The number of rotatable bonds is 2. The van der Waals surface area contributed by atoms with Crippen molar-refractivity contribution in [3.63, 3.8) is 0 Å². The van der Waals surface area contributed by atoms with Crippen molar-refractivity contribution in [2.45, 2.75) is 32.6 Å². The van der Waals surface area contributed by atoms with Crippen molar-refractivity contribution in [2.75, 3.05) is 6.54 Å². The maximum atomic E-state index is 12.8. The van der Waals surface area contributed by atoms with Gasteiger partial charge in [0.1, 0.15) is 17.3 Å². The number of ether oxygens (including phenoxy) is 1. The van der Waals surface area contributed by atoms with E-state index in [0.717, 1.165) is 48.8 Å². The van der Waals surface area contributed by atoms with Crippen LogP contribution in [0.1, 0.15) is 38.2 Å². The van der Waals surface area contributed by atoms with E-state index in [1.54, 1.807) is 17.0 Å². The highest BCUT2D eigenvalue weighted by molar-refractivity contribution is 6.15. The minimum absolute atomic E-state index is 0.0661. The number of carbonyl (C=O) groups excluding carboxylic acids is 2. The molecule has 2 aromatic carbocycles. The van der Waals surface area contributed by atoms with E-state index < -0.39 is 5.97 Å². The minimum atomic E-state index is -0.391. The first-order chi connectivity index (χ1) is 12.6. The topological polar surface area (TPSA) is 59.0 Å². The molecule has 0 saturated carbocycles. The van der Waals surface area contributed by atoms with Gasteiger partial charge in [-0.2, -0.15) is 0 Å². The minimum Gasteiger partial charge on any atom is -0.426 e. The number of benzene rings is 2. The fourth-order valence-corrected chi connectivity index (χ4v) is 3.55. The third-order valence-electron chi connectivity index (χ3n) is 4.77. The summed E-state index contributed by atoms with van der Waals surface area (Å²) in [5, 5.41) is 1.94. The number of hydrogen-bond acceptors (Lipinski definition) is 4. The summed E-state index contributed by atoms with van der Waals surface area (Å²) in [7, 11) is 0. The zero-order valence-electron chi connectivity index (χ0n) is 14.7. The van der Waals surface area contributed by atoms with Gasteiger partial charge in [-0.1, -0.05) is 36.8 Å². The molecule has 2 aliphatic rings. The van der Waals surface area contributed by atoms with Gasteiger partial charge in [-0.3, -0.25) is 14.5 Å². The molecule has 0 N–H and O–H groups in total. The molecule has 2 heterocycles. The van der Waals surface area contributed by atoms with E-state index in [0.29, 0.717) is 17.0 Å². The van der Waals surface area contributed by atoms with Crippen LogP contribution in [0.2, 0.25) is 0 Å². The largest absolute Gasteiger partial charge is 0.426 e. The van der Waals surface area contributed by atoms with Crippen molar-refractivity contribution in [3.8, 4) is 5.75 Å². The summed E-state index contributed by atoms with van der Waals surface area (Å²) in [5.41, 5.74) is 1.12. The third kappa shape index (κ3) is 3.01. The van der Waals surface area contributed by atoms with Gasteiger partial charge in [0.05, 0.1) is 0 Å². The van der Waals surface area contributed by atoms with Crippen molar-refractivity contribution in [3.05, 3.63) is 47.7 Å². The maximum absolute atomic E-state index is 12.8. The number of aliphatic imine (C=N–C) groups is 1. The molecule has 0 atom stereocenters. The summed E-state index contributed by atoms with van der Waals surface area (Å²) in [4.78, 5) is 30.7. The number of esters is 1. The van der Waals surface area contributed by atoms with Gasteiger partial charge >= 0.3 is 5.97 Å². The molecular formula is C21H20N2O3. The van der Waals surface area contributed by atoms with Crippen LogP contribution in [-0.4, -0.2) is 29.2 Å². The predicted octanol–water partition coefficient (Wildman–Crippen LogP) is 3.92. The monoisotopic (exact) mass is 348 g/mol. The first kappa shape index (κ1) is 16.5. The Morgan fingerprint density at radius 2 is 2.00 bits per heavy atom.